The largest absolute Gasteiger partial charge is 0.361 e. The first kappa shape index (κ1) is 11.2. The number of nitrogens with one attached hydrogen (secondary N) is 1. The summed E-state index contributed by atoms with van der Waals surface area (Å²) in [5.74, 6) is 0.792. The van der Waals surface area contributed by atoms with E-state index in [2.05, 4.69) is 15.1 Å². The molecule has 0 fully saturated rings. The van der Waals surface area contributed by atoms with E-state index < -0.39 is 0 Å². The van der Waals surface area contributed by atoms with E-state index in [1.165, 1.54) is 0 Å². The summed E-state index contributed by atoms with van der Waals surface area (Å²) >= 11 is 5.31. The van der Waals surface area contributed by atoms with Crippen LogP contribution in [0.1, 0.15) is 17.0 Å². The summed E-state index contributed by atoms with van der Waals surface area (Å²) in [7, 11) is 0. The van der Waals surface area contributed by atoms with E-state index in [1.807, 2.05) is 36.7 Å². The van der Waals surface area contributed by atoms with Gasteiger partial charge in [0.1, 0.15) is 11.5 Å². The van der Waals surface area contributed by atoms with Gasteiger partial charge in [0.05, 0.1) is 12.1 Å². The summed E-state index contributed by atoms with van der Waals surface area (Å²) in [6.45, 7) is 4.43. The number of H-pyrrole nitrogens is 1. The molecule has 0 spiro atoms. The molecule has 0 bridgehead atoms. The van der Waals surface area contributed by atoms with Gasteiger partial charge in [0, 0.05) is 12.3 Å². The van der Waals surface area contributed by atoms with E-state index in [9.17, 15) is 0 Å². The van der Waals surface area contributed by atoms with Crippen molar-refractivity contribution in [3.05, 3.63) is 40.1 Å². The van der Waals surface area contributed by atoms with Gasteiger partial charge in [-0.15, -0.1) is 0 Å². The summed E-state index contributed by atoms with van der Waals surface area (Å²) in [4.78, 5) is 7.56. The van der Waals surface area contributed by atoms with Gasteiger partial charge in [0.2, 0.25) is 0 Å². The lowest BCUT2D eigenvalue weighted by Gasteiger charge is -2.00. The zero-order chi connectivity index (χ0) is 12.7. The number of imidazole rings is 1. The van der Waals surface area contributed by atoms with E-state index in [0.717, 1.165) is 28.2 Å². The third-order valence-corrected chi connectivity index (χ3v) is 3.07. The highest BCUT2D eigenvalue weighted by molar-refractivity contribution is 7.71. The number of rotatable bonds is 2. The SMILES string of the molecule is Cc1cnc2c(c1)[nH]c(=S)n2Cc1cc(C)on1. The molecule has 0 aliphatic carbocycles. The van der Waals surface area contributed by atoms with Crippen LogP contribution in [0.2, 0.25) is 0 Å². The molecule has 3 aromatic heterocycles. The molecule has 18 heavy (non-hydrogen) atoms. The Morgan fingerprint density at radius 1 is 1.39 bits per heavy atom. The zero-order valence-electron chi connectivity index (χ0n) is 10.1. The first-order valence-corrected chi connectivity index (χ1v) is 6.01. The Bertz CT molecular complexity index is 768. The number of fused-ring (bicyclic) bond motifs is 1. The molecule has 3 heterocycles. The maximum atomic E-state index is 5.31. The van der Waals surface area contributed by atoms with Crippen molar-refractivity contribution in [2.75, 3.05) is 0 Å². The van der Waals surface area contributed by atoms with Crippen molar-refractivity contribution in [3.8, 4) is 0 Å². The predicted molar refractivity (Wildman–Crippen MR) is 70.0 cm³/mol. The number of aryl methyl sites for hydroxylation is 2. The second-order valence-corrected chi connectivity index (χ2v) is 4.72. The Labute approximate surface area is 108 Å². The lowest BCUT2D eigenvalue weighted by molar-refractivity contribution is 0.389. The smallest absolute Gasteiger partial charge is 0.179 e. The summed E-state index contributed by atoms with van der Waals surface area (Å²) in [6.07, 6.45) is 1.83. The number of nitrogens with zero attached hydrogens (tertiary/aromatic N) is 3. The van der Waals surface area contributed by atoms with E-state index in [4.69, 9.17) is 16.7 Å². The van der Waals surface area contributed by atoms with E-state index in [1.54, 1.807) is 0 Å². The normalized spacial score (nSPS) is 11.2. The van der Waals surface area contributed by atoms with Crippen LogP contribution in [-0.4, -0.2) is 19.7 Å². The van der Waals surface area contributed by atoms with Gasteiger partial charge >= 0.3 is 0 Å². The number of aromatic amines is 1. The van der Waals surface area contributed by atoms with E-state index in [-0.39, 0.29) is 0 Å². The molecule has 0 unspecified atom stereocenters. The van der Waals surface area contributed by atoms with Crippen molar-refractivity contribution in [1.29, 1.82) is 0 Å². The van der Waals surface area contributed by atoms with Crippen LogP contribution >= 0.6 is 12.2 Å². The van der Waals surface area contributed by atoms with Gasteiger partial charge in [0.25, 0.3) is 0 Å². The fourth-order valence-electron chi connectivity index (χ4n) is 1.95. The summed E-state index contributed by atoms with van der Waals surface area (Å²) < 4.78 is 7.62. The molecular weight excluding hydrogens is 248 g/mol. The lowest BCUT2D eigenvalue weighted by Crippen LogP contribution is -2.01. The summed E-state index contributed by atoms with van der Waals surface area (Å²) in [5.41, 5.74) is 3.72. The van der Waals surface area contributed by atoms with E-state index >= 15 is 0 Å². The van der Waals surface area contributed by atoms with Crippen LogP contribution in [0.15, 0.2) is 22.9 Å². The second-order valence-electron chi connectivity index (χ2n) is 4.33. The maximum Gasteiger partial charge on any atom is 0.179 e. The van der Waals surface area contributed by atoms with Crippen LogP contribution < -0.4 is 0 Å². The molecule has 92 valence electrons. The summed E-state index contributed by atoms with van der Waals surface area (Å²) in [5, 5.41) is 3.97. The number of pyridine rings is 1. The van der Waals surface area contributed by atoms with Gasteiger partial charge in [-0.2, -0.15) is 0 Å². The molecule has 1 N–H and O–H groups in total. The Morgan fingerprint density at radius 3 is 2.94 bits per heavy atom. The van der Waals surface area contributed by atoms with Crippen molar-refractivity contribution in [1.82, 2.24) is 19.7 Å². The van der Waals surface area contributed by atoms with Gasteiger partial charge in [-0.1, -0.05) is 5.16 Å². The Morgan fingerprint density at radius 2 is 2.22 bits per heavy atom. The fourth-order valence-corrected chi connectivity index (χ4v) is 2.21. The number of aromatic nitrogens is 4. The first-order valence-electron chi connectivity index (χ1n) is 5.61. The fraction of sp³-hybridized carbons (Fsp3) is 0.250. The van der Waals surface area contributed by atoms with Crippen LogP contribution in [0.25, 0.3) is 11.2 Å². The molecule has 5 nitrogen and oxygen atoms in total. The molecule has 0 saturated heterocycles. The molecule has 6 heteroatoms. The molecule has 0 aromatic carbocycles. The molecule has 0 saturated carbocycles. The minimum Gasteiger partial charge on any atom is -0.361 e. The highest BCUT2D eigenvalue weighted by Crippen LogP contribution is 2.15. The maximum absolute atomic E-state index is 5.31. The molecule has 3 aromatic rings. The second kappa shape index (κ2) is 4.06. The Hall–Kier alpha value is -1.95. The number of hydrogen-bond acceptors (Lipinski definition) is 4. The third kappa shape index (κ3) is 1.84. The van der Waals surface area contributed by atoms with E-state index in [0.29, 0.717) is 11.3 Å². The topological polar surface area (TPSA) is 59.6 Å². The van der Waals surface area contributed by atoms with Crippen molar-refractivity contribution < 1.29 is 4.52 Å². The van der Waals surface area contributed by atoms with Crippen LogP contribution in [0.3, 0.4) is 0 Å². The van der Waals surface area contributed by atoms with Gasteiger partial charge in [-0.05, 0) is 37.7 Å². The molecular formula is C12H12N4OS. The monoisotopic (exact) mass is 260 g/mol. The van der Waals surface area contributed by atoms with Crippen LogP contribution in [-0.2, 0) is 6.54 Å². The van der Waals surface area contributed by atoms with Crippen molar-refractivity contribution in [2.45, 2.75) is 20.4 Å². The van der Waals surface area contributed by atoms with Gasteiger partial charge in [-0.25, -0.2) is 4.98 Å². The minimum atomic E-state index is 0.562. The number of hydrogen-bond donors (Lipinski definition) is 1. The van der Waals surface area contributed by atoms with Crippen molar-refractivity contribution in [3.63, 3.8) is 0 Å². The molecule has 0 radical (unpaired) electrons. The predicted octanol–water partition coefficient (Wildman–Crippen LogP) is 2.75. The average Bonchev–Trinajstić information content (AvgIpc) is 2.84. The minimum absolute atomic E-state index is 0.562. The van der Waals surface area contributed by atoms with Crippen molar-refractivity contribution in [2.24, 2.45) is 0 Å². The quantitative estimate of drug-likeness (QED) is 0.720. The molecule has 0 aliphatic rings. The van der Waals surface area contributed by atoms with Gasteiger partial charge in [0.15, 0.2) is 10.4 Å². The van der Waals surface area contributed by atoms with Crippen LogP contribution in [0.4, 0.5) is 0 Å². The van der Waals surface area contributed by atoms with Crippen LogP contribution in [0.5, 0.6) is 0 Å². The molecule has 0 amide bonds. The first-order chi connectivity index (χ1) is 8.63. The molecule has 0 aliphatic heterocycles. The standard InChI is InChI=1S/C12H12N4OS/c1-7-3-10-11(13-5-7)16(12(18)14-10)6-9-4-8(2)17-15-9/h3-5H,6H2,1-2H3,(H,14,18). The van der Waals surface area contributed by atoms with Gasteiger partial charge in [-0.3, -0.25) is 4.57 Å². The highest BCUT2D eigenvalue weighted by Gasteiger charge is 2.08. The molecule has 0 atom stereocenters. The summed E-state index contributed by atoms with van der Waals surface area (Å²) in [6, 6.07) is 3.93. The molecule has 3 rings (SSSR count). The lowest BCUT2D eigenvalue weighted by atomic mass is 10.3. The zero-order valence-corrected chi connectivity index (χ0v) is 10.9. The average molecular weight is 260 g/mol. The van der Waals surface area contributed by atoms with Crippen molar-refractivity contribution >= 4 is 23.4 Å². The highest BCUT2D eigenvalue weighted by atomic mass is 32.1. The van der Waals surface area contributed by atoms with Gasteiger partial charge < -0.3 is 9.51 Å². The van der Waals surface area contributed by atoms with Crippen LogP contribution in [0, 0.1) is 18.6 Å². The third-order valence-electron chi connectivity index (χ3n) is 2.74. The Kier molecular flexibility index (Phi) is 2.52. The Balaban J connectivity index is 2.11.